The predicted molar refractivity (Wildman–Crippen MR) is 126 cm³/mol. The molecule has 168 valence electrons. The topological polar surface area (TPSA) is 68.2 Å². The predicted octanol–water partition coefficient (Wildman–Crippen LogP) is 4.10. The Morgan fingerprint density at radius 2 is 1.66 bits per heavy atom. The van der Waals surface area contributed by atoms with Crippen molar-refractivity contribution in [3.05, 3.63) is 88.7 Å². The normalized spacial score (nSPS) is 15.3. The minimum absolute atomic E-state index is 0.0801. The molecule has 0 bridgehead atoms. The Morgan fingerprint density at radius 1 is 1.00 bits per heavy atom. The third-order valence-electron chi connectivity index (χ3n) is 6.56. The van der Waals surface area contributed by atoms with Gasteiger partial charge in [0.25, 0.3) is 0 Å². The molecule has 2 N–H and O–H groups in total. The molecule has 0 spiro atoms. The molecule has 2 aromatic carbocycles. The van der Waals surface area contributed by atoms with Crippen LogP contribution in [-0.4, -0.2) is 35.6 Å². The summed E-state index contributed by atoms with van der Waals surface area (Å²) in [5, 5.41) is 10.8. The summed E-state index contributed by atoms with van der Waals surface area (Å²) in [5.41, 5.74) is 5.49. The molecule has 0 atom stereocenters. The molecular weight excluding hydrogens is 400 g/mol. The number of nitrogens with zero attached hydrogens (tertiary/aromatic N) is 2. The summed E-state index contributed by atoms with van der Waals surface area (Å²) in [7, 11) is 0. The Bertz CT molecular complexity index is 1020. The van der Waals surface area contributed by atoms with Gasteiger partial charge in [0.2, 0.25) is 0 Å². The maximum atomic E-state index is 12.7. The van der Waals surface area contributed by atoms with Crippen molar-refractivity contribution in [1.82, 2.24) is 20.4 Å². The molecule has 6 heteroatoms. The summed E-state index contributed by atoms with van der Waals surface area (Å²) in [6, 6.07) is 20.6. The minimum Gasteiger partial charge on any atom is -0.381 e. The van der Waals surface area contributed by atoms with E-state index in [2.05, 4.69) is 59.1 Å². The first-order valence-electron chi connectivity index (χ1n) is 11.3. The number of rotatable bonds is 7. The first kappa shape index (κ1) is 22.1. The van der Waals surface area contributed by atoms with Gasteiger partial charge in [0, 0.05) is 43.0 Å². The molecule has 0 aliphatic carbocycles. The fourth-order valence-electron chi connectivity index (χ4n) is 4.50. The van der Waals surface area contributed by atoms with Crippen LogP contribution in [0.15, 0.2) is 60.7 Å². The van der Waals surface area contributed by atoms with Crippen LogP contribution in [0.1, 0.15) is 40.9 Å². The molecule has 1 aliphatic rings. The zero-order valence-electron chi connectivity index (χ0n) is 18.9. The number of urea groups is 1. The van der Waals surface area contributed by atoms with Gasteiger partial charge in [-0.3, -0.25) is 4.68 Å². The van der Waals surface area contributed by atoms with E-state index < -0.39 is 0 Å². The number of benzene rings is 2. The number of aromatic nitrogens is 2. The third kappa shape index (κ3) is 5.02. The monoisotopic (exact) mass is 432 g/mol. The Kier molecular flexibility index (Phi) is 6.90. The first-order chi connectivity index (χ1) is 15.6. The Labute approximate surface area is 190 Å². The van der Waals surface area contributed by atoms with Crippen LogP contribution in [0.4, 0.5) is 4.79 Å². The molecule has 0 unspecified atom stereocenters. The summed E-state index contributed by atoms with van der Waals surface area (Å²) < 4.78 is 7.60. The van der Waals surface area contributed by atoms with Gasteiger partial charge in [-0.15, -0.1) is 0 Å². The lowest BCUT2D eigenvalue weighted by molar-refractivity contribution is 0.0507. The van der Waals surface area contributed by atoms with Crippen LogP contribution < -0.4 is 10.6 Å². The fourth-order valence-corrected chi connectivity index (χ4v) is 4.50. The van der Waals surface area contributed by atoms with E-state index in [1.54, 1.807) is 0 Å². The van der Waals surface area contributed by atoms with Gasteiger partial charge in [0.1, 0.15) is 0 Å². The van der Waals surface area contributed by atoms with Gasteiger partial charge in [0.05, 0.1) is 12.2 Å². The van der Waals surface area contributed by atoms with Crippen LogP contribution in [0, 0.1) is 13.8 Å². The van der Waals surface area contributed by atoms with Crippen LogP contribution in [0.25, 0.3) is 0 Å². The van der Waals surface area contributed by atoms with Crippen molar-refractivity contribution in [2.75, 3.05) is 19.8 Å². The van der Waals surface area contributed by atoms with Gasteiger partial charge in [-0.25, -0.2) is 4.79 Å². The van der Waals surface area contributed by atoms with E-state index in [4.69, 9.17) is 4.74 Å². The highest BCUT2D eigenvalue weighted by atomic mass is 16.5. The van der Waals surface area contributed by atoms with Crippen LogP contribution in [-0.2, 0) is 23.2 Å². The van der Waals surface area contributed by atoms with Crippen LogP contribution in [0.2, 0.25) is 0 Å². The van der Waals surface area contributed by atoms with Gasteiger partial charge in [0.15, 0.2) is 0 Å². The first-order valence-corrected chi connectivity index (χ1v) is 11.3. The van der Waals surface area contributed by atoms with Crippen LogP contribution in [0.3, 0.4) is 0 Å². The van der Waals surface area contributed by atoms with E-state index >= 15 is 0 Å². The molecular formula is C26H32N4O2. The van der Waals surface area contributed by atoms with Gasteiger partial charge in [-0.05, 0) is 37.8 Å². The highest BCUT2D eigenvalue weighted by molar-refractivity contribution is 5.74. The summed E-state index contributed by atoms with van der Waals surface area (Å²) in [6.45, 7) is 7.27. The molecule has 2 amide bonds. The van der Waals surface area contributed by atoms with Crippen LogP contribution in [0.5, 0.6) is 0 Å². The molecule has 32 heavy (non-hydrogen) atoms. The van der Waals surface area contributed by atoms with E-state index in [0.717, 1.165) is 49.6 Å². The lowest BCUT2D eigenvalue weighted by atomic mass is 9.74. The number of hydrogen-bond donors (Lipinski definition) is 2. The Balaban J connectivity index is 1.37. The third-order valence-corrected chi connectivity index (χ3v) is 6.56. The lowest BCUT2D eigenvalue weighted by Crippen LogP contribution is -2.47. The van der Waals surface area contributed by atoms with Crippen molar-refractivity contribution < 1.29 is 9.53 Å². The number of nitrogens with one attached hydrogen (secondary N) is 2. The Morgan fingerprint density at radius 3 is 2.34 bits per heavy atom. The van der Waals surface area contributed by atoms with Crippen molar-refractivity contribution in [3.63, 3.8) is 0 Å². The molecule has 1 aliphatic heterocycles. The highest BCUT2D eigenvalue weighted by Gasteiger charge is 2.34. The number of amides is 2. The van der Waals surface area contributed by atoms with Gasteiger partial charge in [-0.2, -0.15) is 5.10 Å². The number of carbonyl (C=O) groups excluding carboxylic acids is 1. The zero-order valence-corrected chi connectivity index (χ0v) is 18.9. The van der Waals surface area contributed by atoms with Crippen molar-refractivity contribution in [2.24, 2.45) is 0 Å². The molecule has 0 saturated carbocycles. The molecule has 1 fully saturated rings. The van der Waals surface area contributed by atoms with Gasteiger partial charge in [-0.1, -0.05) is 60.7 Å². The number of ether oxygens (including phenoxy) is 1. The van der Waals surface area contributed by atoms with E-state index in [9.17, 15) is 4.79 Å². The summed E-state index contributed by atoms with van der Waals surface area (Å²) in [4.78, 5) is 12.7. The molecule has 0 radical (unpaired) electrons. The molecule has 2 heterocycles. The van der Waals surface area contributed by atoms with E-state index in [-0.39, 0.29) is 11.4 Å². The van der Waals surface area contributed by atoms with Gasteiger partial charge >= 0.3 is 6.03 Å². The highest BCUT2D eigenvalue weighted by Crippen LogP contribution is 2.34. The van der Waals surface area contributed by atoms with E-state index in [0.29, 0.717) is 13.1 Å². The van der Waals surface area contributed by atoms with E-state index in [1.807, 2.05) is 35.9 Å². The second-order valence-electron chi connectivity index (χ2n) is 8.59. The van der Waals surface area contributed by atoms with Crippen molar-refractivity contribution in [1.29, 1.82) is 0 Å². The number of hydrogen-bond acceptors (Lipinski definition) is 3. The smallest absolute Gasteiger partial charge is 0.315 e. The minimum atomic E-state index is -0.151. The molecule has 1 saturated heterocycles. The largest absolute Gasteiger partial charge is 0.381 e. The summed E-state index contributed by atoms with van der Waals surface area (Å²) in [5.74, 6) is 0. The maximum absolute atomic E-state index is 12.7. The standard InChI is InChI=1S/C26H32N4O2/c1-20-24(21(2)30(29-20)18-22-9-5-3-6-10-22)17-27-25(31)28-19-26(13-15-32-16-14-26)23-11-7-4-8-12-23/h3-12H,13-19H2,1-2H3,(H2,27,28,31). The van der Waals surface area contributed by atoms with Crippen molar-refractivity contribution in [3.8, 4) is 0 Å². The zero-order chi connectivity index (χ0) is 22.4. The quantitative estimate of drug-likeness (QED) is 0.591. The lowest BCUT2D eigenvalue weighted by Gasteiger charge is -2.38. The second kappa shape index (κ2) is 10.0. The second-order valence-corrected chi connectivity index (χ2v) is 8.59. The molecule has 6 nitrogen and oxygen atoms in total. The Hall–Kier alpha value is -3.12. The van der Waals surface area contributed by atoms with Gasteiger partial charge < -0.3 is 15.4 Å². The summed E-state index contributed by atoms with van der Waals surface area (Å²) >= 11 is 0. The van der Waals surface area contributed by atoms with Crippen LogP contribution >= 0.6 is 0 Å². The number of carbonyl (C=O) groups is 1. The SMILES string of the molecule is Cc1nn(Cc2ccccc2)c(C)c1CNC(=O)NCC1(c2ccccc2)CCOCC1. The molecule has 3 aromatic rings. The molecule has 1 aromatic heterocycles. The molecule has 4 rings (SSSR count). The van der Waals surface area contributed by atoms with E-state index in [1.165, 1.54) is 11.1 Å². The number of aryl methyl sites for hydroxylation is 1. The maximum Gasteiger partial charge on any atom is 0.315 e. The average Bonchev–Trinajstić information content (AvgIpc) is 3.10. The average molecular weight is 433 g/mol. The van der Waals surface area contributed by atoms with Crippen molar-refractivity contribution >= 4 is 6.03 Å². The fraction of sp³-hybridized carbons (Fsp3) is 0.385. The van der Waals surface area contributed by atoms with Crippen molar-refractivity contribution in [2.45, 2.75) is 45.2 Å². The summed E-state index contributed by atoms with van der Waals surface area (Å²) in [6.07, 6.45) is 1.81.